The molecule has 1 amide bonds. The first kappa shape index (κ1) is 13.9. The first-order valence-corrected chi connectivity index (χ1v) is 8.03. The third-order valence-corrected chi connectivity index (χ3v) is 5.04. The number of thioether (sulfide) groups is 1. The fourth-order valence-corrected chi connectivity index (χ4v) is 3.87. The molecule has 0 saturated carbocycles. The number of nitrogens with one attached hydrogen (secondary N) is 1. The van der Waals surface area contributed by atoms with E-state index in [1.807, 2.05) is 6.07 Å². The Morgan fingerprint density at radius 2 is 2.10 bits per heavy atom. The number of amides is 1. The maximum absolute atomic E-state index is 13.4. The van der Waals surface area contributed by atoms with E-state index in [1.54, 1.807) is 17.8 Å². The van der Waals surface area contributed by atoms with Crippen molar-refractivity contribution in [2.24, 2.45) is 5.92 Å². The van der Waals surface area contributed by atoms with Gasteiger partial charge in [0.15, 0.2) is 0 Å². The van der Waals surface area contributed by atoms with Crippen LogP contribution in [0.2, 0.25) is 0 Å². The van der Waals surface area contributed by atoms with Gasteiger partial charge in [0.05, 0.1) is 6.04 Å². The number of ether oxygens (including phenoxy) is 1. The predicted octanol–water partition coefficient (Wildman–Crippen LogP) is 2.91. The first-order valence-electron chi connectivity index (χ1n) is 7.04. The molecule has 1 aromatic carbocycles. The first-order chi connectivity index (χ1) is 9.74. The maximum Gasteiger partial charge on any atom is 0.223 e. The highest BCUT2D eigenvalue weighted by molar-refractivity contribution is 7.99. The molecule has 1 unspecified atom stereocenters. The van der Waals surface area contributed by atoms with Gasteiger partial charge in [-0.2, -0.15) is 0 Å². The Kier molecular flexibility index (Phi) is 4.27. The standard InChI is InChI=1S/C15H18FNO2S/c16-11-1-2-14-12(9-11)13(5-8-20-14)17-15(18)10-3-6-19-7-4-10/h1-2,9-10,13H,3-8H2,(H,17,18). The summed E-state index contributed by atoms with van der Waals surface area (Å²) >= 11 is 1.73. The van der Waals surface area contributed by atoms with Gasteiger partial charge in [-0.25, -0.2) is 4.39 Å². The molecule has 0 bridgehead atoms. The quantitative estimate of drug-likeness (QED) is 0.911. The number of hydrogen-bond donors (Lipinski definition) is 1. The average Bonchev–Trinajstić information content (AvgIpc) is 2.49. The monoisotopic (exact) mass is 295 g/mol. The fourth-order valence-electron chi connectivity index (χ4n) is 2.76. The van der Waals surface area contributed by atoms with Crippen LogP contribution in [0.1, 0.15) is 30.9 Å². The van der Waals surface area contributed by atoms with Crippen LogP contribution in [-0.4, -0.2) is 24.9 Å². The molecule has 1 atom stereocenters. The molecule has 0 radical (unpaired) electrons. The largest absolute Gasteiger partial charge is 0.381 e. The summed E-state index contributed by atoms with van der Waals surface area (Å²) in [6, 6.07) is 4.78. The van der Waals surface area contributed by atoms with Crippen molar-refractivity contribution in [2.75, 3.05) is 19.0 Å². The van der Waals surface area contributed by atoms with Crippen molar-refractivity contribution >= 4 is 17.7 Å². The fraction of sp³-hybridized carbons (Fsp3) is 0.533. The van der Waals surface area contributed by atoms with Crippen molar-refractivity contribution in [3.05, 3.63) is 29.6 Å². The van der Waals surface area contributed by atoms with Crippen LogP contribution < -0.4 is 5.32 Å². The van der Waals surface area contributed by atoms with Gasteiger partial charge in [0.1, 0.15) is 5.82 Å². The van der Waals surface area contributed by atoms with Crippen LogP contribution in [0.25, 0.3) is 0 Å². The molecule has 2 aliphatic rings. The summed E-state index contributed by atoms with van der Waals surface area (Å²) in [6.07, 6.45) is 2.42. The minimum atomic E-state index is -0.239. The topological polar surface area (TPSA) is 38.3 Å². The summed E-state index contributed by atoms with van der Waals surface area (Å²) in [7, 11) is 0. The molecule has 108 valence electrons. The second-order valence-corrected chi connectivity index (χ2v) is 6.40. The van der Waals surface area contributed by atoms with Crippen LogP contribution in [0, 0.1) is 11.7 Å². The molecule has 2 heterocycles. The lowest BCUT2D eigenvalue weighted by atomic mass is 9.97. The lowest BCUT2D eigenvalue weighted by molar-refractivity contribution is -0.128. The molecule has 1 N–H and O–H groups in total. The van der Waals surface area contributed by atoms with Gasteiger partial charge in [-0.1, -0.05) is 0 Å². The third-order valence-electron chi connectivity index (χ3n) is 3.92. The Balaban J connectivity index is 1.72. The van der Waals surface area contributed by atoms with E-state index < -0.39 is 0 Å². The SMILES string of the molecule is O=C(NC1CCSc2ccc(F)cc21)C1CCOCC1. The molecule has 0 aromatic heterocycles. The van der Waals surface area contributed by atoms with Gasteiger partial charge in [-0.15, -0.1) is 11.8 Å². The molecule has 5 heteroatoms. The van der Waals surface area contributed by atoms with Crippen LogP contribution >= 0.6 is 11.8 Å². The lowest BCUT2D eigenvalue weighted by Gasteiger charge is -2.29. The predicted molar refractivity (Wildman–Crippen MR) is 76.2 cm³/mol. The number of benzene rings is 1. The summed E-state index contributed by atoms with van der Waals surface area (Å²) in [5.74, 6) is 0.837. The maximum atomic E-state index is 13.4. The van der Waals surface area contributed by atoms with Crippen LogP contribution in [0.3, 0.4) is 0 Å². The molecule has 1 aromatic rings. The van der Waals surface area contributed by atoms with E-state index in [0.29, 0.717) is 13.2 Å². The highest BCUT2D eigenvalue weighted by atomic mass is 32.2. The average molecular weight is 295 g/mol. The van der Waals surface area contributed by atoms with Gasteiger partial charge in [0.25, 0.3) is 0 Å². The highest BCUT2D eigenvalue weighted by Crippen LogP contribution is 2.36. The molecule has 1 fully saturated rings. The van der Waals surface area contributed by atoms with Gasteiger partial charge in [-0.3, -0.25) is 4.79 Å². The number of carbonyl (C=O) groups excluding carboxylic acids is 1. The number of rotatable bonds is 2. The van der Waals surface area contributed by atoms with Crippen LogP contribution in [-0.2, 0) is 9.53 Å². The van der Waals surface area contributed by atoms with Crippen molar-refractivity contribution in [2.45, 2.75) is 30.2 Å². The van der Waals surface area contributed by atoms with Gasteiger partial charge in [0, 0.05) is 29.8 Å². The summed E-state index contributed by atoms with van der Waals surface area (Å²) in [6.45, 7) is 1.31. The number of hydrogen-bond acceptors (Lipinski definition) is 3. The second-order valence-electron chi connectivity index (χ2n) is 5.27. The summed E-state index contributed by atoms with van der Waals surface area (Å²) in [5, 5.41) is 3.10. The Hall–Kier alpha value is -1.07. The van der Waals surface area contributed by atoms with Crippen molar-refractivity contribution in [3.63, 3.8) is 0 Å². The number of fused-ring (bicyclic) bond motifs is 1. The summed E-state index contributed by atoms with van der Waals surface area (Å²) in [5.41, 5.74) is 0.918. The van der Waals surface area contributed by atoms with Crippen molar-refractivity contribution in [1.29, 1.82) is 0 Å². The highest BCUT2D eigenvalue weighted by Gasteiger charge is 2.27. The number of halogens is 1. The molecular formula is C15H18FNO2S. The lowest BCUT2D eigenvalue weighted by Crippen LogP contribution is -2.37. The number of carbonyl (C=O) groups is 1. The van der Waals surface area contributed by atoms with Crippen LogP contribution in [0.4, 0.5) is 4.39 Å². The molecular weight excluding hydrogens is 277 g/mol. The Morgan fingerprint density at radius 3 is 2.90 bits per heavy atom. The third kappa shape index (κ3) is 2.99. The molecule has 3 nitrogen and oxygen atoms in total. The molecule has 0 spiro atoms. The van der Waals surface area contributed by atoms with E-state index in [9.17, 15) is 9.18 Å². The normalized spacial score (nSPS) is 23.1. The Labute approximate surface area is 122 Å². The summed E-state index contributed by atoms with van der Waals surface area (Å²) in [4.78, 5) is 13.4. The zero-order valence-electron chi connectivity index (χ0n) is 11.2. The second kappa shape index (κ2) is 6.14. The molecule has 2 aliphatic heterocycles. The van der Waals surface area contributed by atoms with Gasteiger partial charge < -0.3 is 10.1 Å². The van der Waals surface area contributed by atoms with E-state index in [2.05, 4.69) is 5.32 Å². The Bertz CT molecular complexity index is 503. The van der Waals surface area contributed by atoms with E-state index >= 15 is 0 Å². The zero-order valence-corrected chi connectivity index (χ0v) is 12.0. The van der Waals surface area contributed by atoms with Crippen molar-refractivity contribution < 1.29 is 13.9 Å². The van der Waals surface area contributed by atoms with Crippen molar-refractivity contribution in [1.82, 2.24) is 5.32 Å². The zero-order chi connectivity index (χ0) is 13.9. The van der Waals surface area contributed by atoms with E-state index in [-0.39, 0.29) is 23.7 Å². The van der Waals surface area contributed by atoms with Gasteiger partial charge in [-0.05, 0) is 43.0 Å². The van der Waals surface area contributed by atoms with Gasteiger partial charge in [0.2, 0.25) is 5.91 Å². The molecule has 0 aliphatic carbocycles. The molecule has 20 heavy (non-hydrogen) atoms. The van der Waals surface area contributed by atoms with Crippen molar-refractivity contribution in [3.8, 4) is 0 Å². The van der Waals surface area contributed by atoms with Crippen LogP contribution in [0.5, 0.6) is 0 Å². The van der Waals surface area contributed by atoms with E-state index in [4.69, 9.17) is 4.74 Å². The minimum Gasteiger partial charge on any atom is -0.381 e. The minimum absolute atomic E-state index is 0.0374. The molecule has 3 rings (SSSR count). The Morgan fingerprint density at radius 1 is 1.30 bits per heavy atom. The van der Waals surface area contributed by atoms with E-state index in [0.717, 1.165) is 35.5 Å². The van der Waals surface area contributed by atoms with Gasteiger partial charge >= 0.3 is 0 Å². The smallest absolute Gasteiger partial charge is 0.223 e. The summed E-state index contributed by atoms with van der Waals surface area (Å²) < 4.78 is 18.7. The van der Waals surface area contributed by atoms with E-state index in [1.165, 1.54) is 6.07 Å². The van der Waals surface area contributed by atoms with Crippen LogP contribution in [0.15, 0.2) is 23.1 Å². The molecule has 1 saturated heterocycles.